The topological polar surface area (TPSA) is 79.8 Å². The SMILES string of the molecule is CCN(CC)c1nc2ccc(OC(=O)CN3C(=O)c4ccccc4C3=O)cc2s1. The van der Waals surface area contributed by atoms with Crippen molar-refractivity contribution < 1.29 is 19.1 Å². The van der Waals surface area contributed by atoms with Crippen LogP contribution >= 0.6 is 11.3 Å². The predicted molar refractivity (Wildman–Crippen MR) is 111 cm³/mol. The van der Waals surface area contributed by atoms with Crippen LogP contribution in [0.3, 0.4) is 0 Å². The quantitative estimate of drug-likeness (QED) is 0.353. The van der Waals surface area contributed by atoms with Crippen molar-refractivity contribution in [3.8, 4) is 5.75 Å². The number of fused-ring (bicyclic) bond motifs is 2. The summed E-state index contributed by atoms with van der Waals surface area (Å²) in [5, 5.41) is 0.916. The lowest BCUT2D eigenvalue weighted by Crippen LogP contribution is -2.36. The zero-order valence-corrected chi connectivity index (χ0v) is 16.9. The number of benzene rings is 2. The fourth-order valence-corrected chi connectivity index (χ4v) is 4.38. The fourth-order valence-electron chi connectivity index (χ4n) is 3.26. The molecule has 0 atom stereocenters. The number of hydrogen-bond acceptors (Lipinski definition) is 7. The van der Waals surface area contributed by atoms with E-state index in [0.717, 1.165) is 33.3 Å². The standard InChI is InChI=1S/C21H19N3O4S/c1-3-23(4-2)21-22-16-10-9-13(11-17(16)29-21)28-18(25)12-24-19(26)14-7-5-6-8-15(14)20(24)27/h5-11H,3-4,12H2,1-2H3. The van der Waals surface area contributed by atoms with Crippen LogP contribution in [0.5, 0.6) is 5.75 Å². The van der Waals surface area contributed by atoms with Crippen molar-refractivity contribution in [3.63, 3.8) is 0 Å². The van der Waals surface area contributed by atoms with Crippen molar-refractivity contribution in [2.24, 2.45) is 0 Å². The molecule has 4 rings (SSSR count). The van der Waals surface area contributed by atoms with Gasteiger partial charge < -0.3 is 9.64 Å². The molecule has 0 saturated heterocycles. The van der Waals surface area contributed by atoms with E-state index in [4.69, 9.17) is 4.74 Å². The molecule has 0 saturated carbocycles. The maximum Gasteiger partial charge on any atom is 0.331 e. The molecule has 2 heterocycles. The molecule has 0 bridgehead atoms. The van der Waals surface area contributed by atoms with Crippen molar-refractivity contribution in [2.45, 2.75) is 13.8 Å². The minimum Gasteiger partial charge on any atom is -0.425 e. The van der Waals surface area contributed by atoms with Crippen molar-refractivity contribution >= 4 is 44.5 Å². The highest BCUT2D eigenvalue weighted by Gasteiger charge is 2.36. The molecule has 3 aromatic rings. The summed E-state index contributed by atoms with van der Waals surface area (Å²) in [4.78, 5) is 44.8. The van der Waals surface area contributed by atoms with E-state index in [1.54, 1.807) is 42.5 Å². The summed E-state index contributed by atoms with van der Waals surface area (Å²) in [5.74, 6) is -1.28. The van der Waals surface area contributed by atoms with Crippen LogP contribution in [0.4, 0.5) is 5.13 Å². The summed E-state index contributed by atoms with van der Waals surface area (Å²) in [6.45, 7) is 5.43. The number of nitrogens with zero attached hydrogens (tertiary/aromatic N) is 3. The Kier molecular flexibility index (Phi) is 5.02. The molecular weight excluding hydrogens is 390 g/mol. The molecule has 0 fully saturated rings. The average Bonchev–Trinajstić information content (AvgIpc) is 3.24. The van der Waals surface area contributed by atoms with Crippen LogP contribution in [-0.4, -0.2) is 47.3 Å². The monoisotopic (exact) mass is 409 g/mol. The molecule has 0 spiro atoms. The zero-order chi connectivity index (χ0) is 20.5. The maximum atomic E-state index is 12.4. The van der Waals surface area contributed by atoms with Gasteiger partial charge in [-0.2, -0.15) is 0 Å². The van der Waals surface area contributed by atoms with E-state index in [9.17, 15) is 14.4 Å². The highest BCUT2D eigenvalue weighted by atomic mass is 32.1. The number of ether oxygens (including phenoxy) is 1. The van der Waals surface area contributed by atoms with Crippen LogP contribution in [0.1, 0.15) is 34.6 Å². The molecule has 0 radical (unpaired) electrons. The third kappa shape index (κ3) is 3.47. The largest absolute Gasteiger partial charge is 0.425 e. The number of rotatable bonds is 6. The van der Waals surface area contributed by atoms with Gasteiger partial charge in [0.25, 0.3) is 11.8 Å². The molecule has 2 amide bonds. The lowest BCUT2D eigenvalue weighted by Gasteiger charge is -2.16. The van der Waals surface area contributed by atoms with Gasteiger partial charge in [0, 0.05) is 19.2 Å². The number of amides is 2. The summed E-state index contributed by atoms with van der Waals surface area (Å²) in [6.07, 6.45) is 0. The molecule has 148 valence electrons. The first-order valence-electron chi connectivity index (χ1n) is 9.33. The Morgan fingerprint density at radius 1 is 1.07 bits per heavy atom. The van der Waals surface area contributed by atoms with Crippen LogP contribution in [0.25, 0.3) is 10.2 Å². The molecule has 29 heavy (non-hydrogen) atoms. The van der Waals surface area contributed by atoms with E-state index in [-0.39, 0.29) is 0 Å². The van der Waals surface area contributed by atoms with E-state index in [1.165, 1.54) is 11.3 Å². The second-order valence-corrected chi connectivity index (χ2v) is 7.52. The minimum atomic E-state index is -0.674. The van der Waals surface area contributed by atoms with Gasteiger partial charge in [-0.15, -0.1) is 0 Å². The van der Waals surface area contributed by atoms with E-state index in [0.29, 0.717) is 16.9 Å². The maximum absolute atomic E-state index is 12.4. The lowest BCUT2D eigenvalue weighted by molar-refractivity contribution is -0.134. The Bertz CT molecular complexity index is 1090. The number of hydrogen-bond donors (Lipinski definition) is 0. The number of thiazole rings is 1. The molecule has 2 aromatic carbocycles. The summed E-state index contributed by atoms with van der Waals surface area (Å²) >= 11 is 1.53. The second-order valence-electron chi connectivity index (χ2n) is 6.51. The highest BCUT2D eigenvalue weighted by molar-refractivity contribution is 7.22. The molecule has 1 aromatic heterocycles. The van der Waals surface area contributed by atoms with E-state index in [1.807, 2.05) is 0 Å². The van der Waals surface area contributed by atoms with Gasteiger partial charge in [-0.25, -0.2) is 9.78 Å². The van der Waals surface area contributed by atoms with Gasteiger partial charge in [0.1, 0.15) is 12.3 Å². The first-order chi connectivity index (χ1) is 14.0. The first-order valence-corrected chi connectivity index (χ1v) is 10.1. The van der Waals surface area contributed by atoms with Crippen molar-refractivity contribution in [1.29, 1.82) is 0 Å². The van der Waals surface area contributed by atoms with Crippen molar-refractivity contribution in [3.05, 3.63) is 53.6 Å². The number of esters is 1. The van der Waals surface area contributed by atoms with Gasteiger partial charge in [0.05, 0.1) is 21.3 Å². The predicted octanol–water partition coefficient (Wildman–Crippen LogP) is 3.34. The van der Waals surface area contributed by atoms with Gasteiger partial charge in [-0.1, -0.05) is 23.5 Å². The highest BCUT2D eigenvalue weighted by Crippen LogP contribution is 2.31. The lowest BCUT2D eigenvalue weighted by atomic mass is 10.1. The molecule has 1 aliphatic rings. The summed E-state index contributed by atoms with van der Waals surface area (Å²) in [7, 11) is 0. The van der Waals surface area contributed by atoms with Gasteiger partial charge in [0.15, 0.2) is 5.13 Å². The average molecular weight is 409 g/mol. The fraction of sp³-hybridized carbons (Fsp3) is 0.238. The van der Waals surface area contributed by atoms with Crippen LogP contribution in [0, 0.1) is 0 Å². The normalized spacial score (nSPS) is 13.1. The Balaban J connectivity index is 1.48. The summed E-state index contributed by atoms with van der Waals surface area (Å²) in [6, 6.07) is 11.7. The van der Waals surface area contributed by atoms with Gasteiger partial charge in [-0.05, 0) is 38.1 Å². The second kappa shape index (κ2) is 7.63. The van der Waals surface area contributed by atoms with E-state index in [2.05, 4.69) is 23.7 Å². The van der Waals surface area contributed by atoms with E-state index >= 15 is 0 Å². The third-order valence-electron chi connectivity index (χ3n) is 4.78. The van der Waals surface area contributed by atoms with E-state index < -0.39 is 24.3 Å². The van der Waals surface area contributed by atoms with Crippen LogP contribution in [-0.2, 0) is 4.79 Å². The third-order valence-corrected chi connectivity index (χ3v) is 5.86. The molecule has 7 nitrogen and oxygen atoms in total. The molecule has 0 N–H and O–H groups in total. The minimum absolute atomic E-state index is 0.306. The first kappa shape index (κ1) is 19.1. The molecule has 0 aliphatic carbocycles. The molecular formula is C21H19N3O4S. The van der Waals surface area contributed by atoms with Crippen LogP contribution < -0.4 is 9.64 Å². The Labute approximate surface area is 171 Å². The Morgan fingerprint density at radius 2 is 1.72 bits per heavy atom. The summed E-state index contributed by atoms with van der Waals surface area (Å²) in [5.41, 5.74) is 1.44. The van der Waals surface area contributed by atoms with Gasteiger partial charge in [0.2, 0.25) is 0 Å². The molecule has 0 unspecified atom stereocenters. The molecule has 1 aliphatic heterocycles. The number of carbonyl (C=O) groups excluding carboxylic acids is 3. The van der Waals surface area contributed by atoms with Gasteiger partial charge in [-0.3, -0.25) is 14.5 Å². The van der Waals surface area contributed by atoms with Gasteiger partial charge >= 0.3 is 5.97 Å². The number of aromatic nitrogens is 1. The Morgan fingerprint density at radius 3 is 2.34 bits per heavy atom. The zero-order valence-electron chi connectivity index (χ0n) is 16.0. The summed E-state index contributed by atoms with van der Waals surface area (Å²) < 4.78 is 6.28. The van der Waals surface area contributed by atoms with Crippen LogP contribution in [0.2, 0.25) is 0 Å². The van der Waals surface area contributed by atoms with Crippen LogP contribution in [0.15, 0.2) is 42.5 Å². The van der Waals surface area contributed by atoms with Crippen molar-refractivity contribution in [2.75, 3.05) is 24.5 Å². The number of carbonyl (C=O) groups is 3. The number of imide groups is 1. The smallest absolute Gasteiger partial charge is 0.331 e. The Hall–Kier alpha value is -3.26. The van der Waals surface area contributed by atoms with Crippen molar-refractivity contribution in [1.82, 2.24) is 9.88 Å². The molecule has 8 heteroatoms. The number of anilines is 1.